The lowest BCUT2D eigenvalue weighted by atomic mass is 10.1. The van der Waals surface area contributed by atoms with Crippen LogP contribution in [-0.4, -0.2) is 38.0 Å². The number of methoxy groups -OCH3 is 1. The number of nitrogens with two attached hydrogens (primary N) is 2. The molecule has 0 heterocycles. The summed E-state index contributed by atoms with van der Waals surface area (Å²) in [6, 6.07) is 14.5. The average Bonchev–Trinajstić information content (AvgIpc) is 2.64. The molecule has 5 N–H and O–H groups in total. The Bertz CT molecular complexity index is 657. The zero-order chi connectivity index (χ0) is 18.8. The SMILES string of the molecule is COc1cc(C[NH2+]CC[NH2+]C[C@H](C)O)ccc1OCc1ccc(C)cc1. The molecule has 5 heteroatoms. The first-order valence-electron chi connectivity index (χ1n) is 9.25. The van der Waals surface area contributed by atoms with Gasteiger partial charge in [0.2, 0.25) is 0 Å². The van der Waals surface area contributed by atoms with Gasteiger partial charge >= 0.3 is 0 Å². The van der Waals surface area contributed by atoms with Gasteiger partial charge in [0.1, 0.15) is 32.8 Å². The number of aryl methyl sites for hydroxylation is 1. The van der Waals surface area contributed by atoms with E-state index >= 15 is 0 Å². The van der Waals surface area contributed by atoms with Crippen LogP contribution < -0.4 is 20.1 Å². The third kappa shape index (κ3) is 7.04. The van der Waals surface area contributed by atoms with Crippen molar-refractivity contribution in [3.05, 3.63) is 59.2 Å². The summed E-state index contributed by atoms with van der Waals surface area (Å²) in [5, 5.41) is 13.6. The second kappa shape index (κ2) is 10.8. The van der Waals surface area contributed by atoms with Gasteiger partial charge in [-0.15, -0.1) is 0 Å². The van der Waals surface area contributed by atoms with Crippen molar-refractivity contribution < 1.29 is 25.2 Å². The Labute approximate surface area is 156 Å². The van der Waals surface area contributed by atoms with Crippen LogP contribution in [0.15, 0.2) is 42.5 Å². The number of ether oxygens (including phenoxy) is 2. The Hall–Kier alpha value is -2.08. The molecule has 0 aliphatic rings. The van der Waals surface area contributed by atoms with E-state index in [-0.39, 0.29) is 6.10 Å². The summed E-state index contributed by atoms with van der Waals surface area (Å²) in [6.45, 7) is 8.09. The molecule has 1 atom stereocenters. The predicted octanol–water partition coefficient (Wildman–Crippen LogP) is 0.590. The molecule has 0 saturated carbocycles. The summed E-state index contributed by atoms with van der Waals surface area (Å²) >= 11 is 0. The minimum Gasteiger partial charge on any atom is -0.493 e. The molecule has 26 heavy (non-hydrogen) atoms. The molecular formula is C21H32N2O3+2. The van der Waals surface area contributed by atoms with Crippen molar-refractivity contribution in [3.63, 3.8) is 0 Å². The number of hydrogen-bond donors (Lipinski definition) is 3. The first kappa shape index (κ1) is 20.2. The van der Waals surface area contributed by atoms with Crippen molar-refractivity contribution >= 4 is 0 Å². The van der Waals surface area contributed by atoms with Gasteiger partial charge in [0.15, 0.2) is 11.5 Å². The average molecular weight is 360 g/mol. The van der Waals surface area contributed by atoms with E-state index in [9.17, 15) is 5.11 Å². The molecule has 0 aliphatic heterocycles. The molecule has 2 aromatic carbocycles. The van der Waals surface area contributed by atoms with Gasteiger partial charge in [0.05, 0.1) is 13.2 Å². The van der Waals surface area contributed by atoms with Crippen LogP contribution in [0.2, 0.25) is 0 Å². The van der Waals surface area contributed by atoms with Crippen molar-refractivity contribution in [3.8, 4) is 11.5 Å². The maximum atomic E-state index is 9.23. The van der Waals surface area contributed by atoms with Crippen LogP contribution in [0.4, 0.5) is 0 Å². The summed E-state index contributed by atoms with van der Waals surface area (Å²) in [5.41, 5.74) is 3.60. The zero-order valence-electron chi connectivity index (χ0n) is 16.1. The van der Waals surface area contributed by atoms with Gasteiger partial charge in [-0.05, 0) is 37.6 Å². The Balaban J connectivity index is 1.81. The van der Waals surface area contributed by atoms with Crippen LogP contribution in [-0.2, 0) is 13.2 Å². The molecule has 0 saturated heterocycles. The Kier molecular flexibility index (Phi) is 8.41. The molecule has 0 aromatic heterocycles. The number of rotatable bonds is 11. The summed E-state index contributed by atoms with van der Waals surface area (Å²) in [7, 11) is 1.67. The molecule has 0 unspecified atom stereocenters. The lowest BCUT2D eigenvalue weighted by Gasteiger charge is -2.12. The predicted molar refractivity (Wildman–Crippen MR) is 102 cm³/mol. The van der Waals surface area contributed by atoms with Crippen LogP contribution in [0.25, 0.3) is 0 Å². The Morgan fingerprint density at radius 3 is 2.35 bits per heavy atom. The Morgan fingerprint density at radius 1 is 0.962 bits per heavy atom. The van der Waals surface area contributed by atoms with Gasteiger partial charge in [0, 0.05) is 5.56 Å². The van der Waals surface area contributed by atoms with E-state index in [4.69, 9.17) is 9.47 Å². The first-order valence-corrected chi connectivity index (χ1v) is 9.25. The van der Waals surface area contributed by atoms with Crippen molar-refractivity contribution in [1.82, 2.24) is 0 Å². The van der Waals surface area contributed by atoms with Crippen molar-refractivity contribution in [1.29, 1.82) is 0 Å². The number of aliphatic hydroxyl groups is 1. The monoisotopic (exact) mass is 360 g/mol. The molecular weight excluding hydrogens is 328 g/mol. The van der Waals surface area contributed by atoms with Crippen LogP contribution in [0.1, 0.15) is 23.6 Å². The van der Waals surface area contributed by atoms with Crippen molar-refractivity contribution in [2.75, 3.05) is 26.7 Å². The fourth-order valence-electron chi connectivity index (χ4n) is 2.67. The van der Waals surface area contributed by atoms with Crippen LogP contribution in [0.5, 0.6) is 11.5 Å². The third-order valence-corrected chi connectivity index (χ3v) is 4.21. The van der Waals surface area contributed by atoms with Gasteiger partial charge < -0.3 is 25.2 Å². The highest BCUT2D eigenvalue weighted by Crippen LogP contribution is 2.28. The number of hydrogen-bond acceptors (Lipinski definition) is 3. The maximum Gasteiger partial charge on any atom is 0.161 e. The maximum absolute atomic E-state index is 9.23. The summed E-state index contributed by atoms with van der Waals surface area (Å²) < 4.78 is 11.4. The second-order valence-corrected chi connectivity index (χ2v) is 6.70. The number of quaternary nitrogens is 2. The van der Waals surface area contributed by atoms with Crippen LogP contribution in [0.3, 0.4) is 0 Å². The van der Waals surface area contributed by atoms with E-state index in [1.54, 1.807) is 7.11 Å². The summed E-state index contributed by atoms with van der Waals surface area (Å²) in [6.07, 6.45) is -0.244. The molecule has 0 spiro atoms. The topological polar surface area (TPSA) is 71.9 Å². The van der Waals surface area contributed by atoms with Crippen LogP contribution >= 0.6 is 0 Å². The molecule has 0 amide bonds. The molecule has 0 aliphatic carbocycles. The first-order chi connectivity index (χ1) is 12.6. The Morgan fingerprint density at radius 2 is 1.65 bits per heavy atom. The fourth-order valence-corrected chi connectivity index (χ4v) is 2.67. The standard InChI is InChI=1S/C21H30N2O3/c1-16-4-6-18(7-5-16)15-26-20-9-8-19(12-21(20)25-3)14-23-11-10-22-13-17(2)24/h4-9,12,17,22-24H,10-11,13-15H2,1-3H3/p+2/t17-/m0/s1. The molecule has 2 aromatic rings. The van der Waals surface area contributed by atoms with Crippen molar-refractivity contribution in [2.45, 2.75) is 33.1 Å². The van der Waals surface area contributed by atoms with Gasteiger partial charge in [-0.1, -0.05) is 29.8 Å². The number of aliphatic hydroxyl groups excluding tert-OH is 1. The molecule has 2 rings (SSSR count). The normalized spacial score (nSPS) is 12.0. The lowest BCUT2D eigenvalue weighted by molar-refractivity contribution is -0.733. The van der Waals surface area contributed by atoms with Gasteiger partial charge in [-0.2, -0.15) is 0 Å². The number of benzene rings is 2. The van der Waals surface area contributed by atoms with E-state index in [1.165, 1.54) is 11.1 Å². The summed E-state index contributed by atoms with van der Waals surface area (Å²) in [5.74, 6) is 1.53. The lowest BCUT2D eigenvalue weighted by Crippen LogP contribution is -2.95. The zero-order valence-corrected chi connectivity index (χ0v) is 16.1. The van der Waals surface area contributed by atoms with Gasteiger partial charge in [0.25, 0.3) is 0 Å². The molecule has 142 valence electrons. The molecule has 5 nitrogen and oxygen atoms in total. The quantitative estimate of drug-likeness (QED) is 0.514. The van der Waals surface area contributed by atoms with Gasteiger partial charge in [-0.25, -0.2) is 0 Å². The highest BCUT2D eigenvalue weighted by molar-refractivity contribution is 5.42. The highest BCUT2D eigenvalue weighted by atomic mass is 16.5. The van der Waals surface area contributed by atoms with Crippen molar-refractivity contribution in [2.24, 2.45) is 0 Å². The fraction of sp³-hybridized carbons (Fsp3) is 0.429. The van der Waals surface area contributed by atoms with E-state index < -0.39 is 0 Å². The molecule has 0 radical (unpaired) electrons. The van der Waals surface area contributed by atoms with Gasteiger partial charge in [-0.3, -0.25) is 0 Å². The van der Waals surface area contributed by atoms with E-state index in [2.05, 4.69) is 47.9 Å². The minimum absolute atomic E-state index is 0.244. The van der Waals surface area contributed by atoms with Crippen LogP contribution in [0, 0.1) is 6.92 Å². The second-order valence-electron chi connectivity index (χ2n) is 6.70. The third-order valence-electron chi connectivity index (χ3n) is 4.21. The molecule has 0 bridgehead atoms. The van der Waals surface area contributed by atoms with E-state index in [0.29, 0.717) is 6.61 Å². The largest absolute Gasteiger partial charge is 0.493 e. The van der Waals surface area contributed by atoms with E-state index in [0.717, 1.165) is 43.2 Å². The summed E-state index contributed by atoms with van der Waals surface area (Å²) in [4.78, 5) is 0. The highest BCUT2D eigenvalue weighted by Gasteiger charge is 2.08. The molecule has 0 fully saturated rings. The smallest absolute Gasteiger partial charge is 0.161 e. The van der Waals surface area contributed by atoms with E-state index in [1.807, 2.05) is 19.1 Å². The minimum atomic E-state index is -0.244.